The molecule has 0 radical (unpaired) electrons. The summed E-state index contributed by atoms with van der Waals surface area (Å²) in [5, 5.41) is 3.31. The summed E-state index contributed by atoms with van der Waals surface area (Å²) in [6.07, 6.45) is 0. The monoisotopic (exact) mass is 425 g/mol. The second kappa shape index (κ2) is 7.77. The number of anilines is 2. The first-order chi connectivity index (χ1) is 14.6. The van der Waals surface area contributed by atoms with Crippen LogP contribution in [0.4, 0.5) is 20.3 Å². The second-order valence-corrected chi connectivity index (χ2v) is 8.44. The van der Waals surface area contributed by atoms with E-state index in [1.807, 2.05) is 35.8 Å². The van der Waals surface area contributed by atoms with Crippen LogP contribution in [0.5, 0.6) is 0 Å². The van der Waals surface area contributed by atoms with Gasteiger partial charge in [-0.1, -0.05) is 17.7 Å². The highest BCUT2D eigenvalue weighted by Crippen LogP contribution is 2.35. The number of aryl methyl sites for hydroxylation is 1. The smallest absolute Gasteiger partial charge is 0.242 e. The normalized spacial score (nSPS) is 13.8. The van der Waals surface area contributed by atoms with Gasteiger partial charge in [-0.05, 0) is 51.1 Å². The molecule has 31 heavy (non-hydrogen) atoms. The standard InChI is InChI=1S/C23H25F2N5O/c1-14-4-7-16(8-5-14)27-21-20(17-12-15(24)6-9-18(17)25)28-19-13-29(10-11-30(19)21)22(31)23(2,3)26/h4-9,12,27H,10-11,13,26H2,1-3H3. The van der Waals surface area contributed by atoms with Crippen molar-refractivity contribution in [2.75, 3.05) is 11.9 Å². The third-order valence-corrected chi connectivity index (χ3v) is 5.31. The topological polar surface area (TPSA) is 76.2 Å². The van der Waals surface area contributed by atoms with Gasteiger partial charge in [0.25, 0.3) is 0 Å². The number of nitrogens with one attached hydrogen (secondary N) is 1. The van der Waals surface area contributed by atoms with Crippen LogP contribution in [0.15, 0.2) is 42.5 Å². The molecule has 0 bridgehead atoms. The first-order valence-corrected chi connectivity index (χ1v) is 10.1. The van der Waals surface area contributed by atoms with Crippen LogP contribution in [0, 0.1) is 18.6 Å². The lowest BCUT2D eigenvalue weighted by Gasteiger charge is -2.33. The lowest BCUT2D eigenvalue weighted by atomic mass is 10.1. The number of nitrogens with zero attached hydrogens (tertiary/aromatic N) is 3. The average molecular weight is 425 g/mol. The molecule has 8 heteroatoms. The lowest BCUT2D eigenvalue weighted by molar-refractivity contribution is -0.137. The van der Waals surface area contributed by atoms with Crippen molar-refractivity contribution in [1.82, 2.24) is 14.5 Å². The number of nitrogens with two attached hydrogens (primary N) is 1. The molecule has 1 aromatic heterocycles. The highest BCUT2D eigenvalue weighted by atomic mass is 19.1. The van der Waals surface area contributed by atoms with E-state index in [0.717, 1.165) is 29.4 Å². The summed E-state index contributed by atoms with van der Waals surface area (Å²) in [6, 6.07) is 11.0. The summed E-state index contributed by atoms with van der Waals surface area (Å²) in [5.74, 6) is -0.168. The fraction of sp³-hybridized carbons (Fsp3) is 0.304. The van der Waals surface area contributed by atoms with Crippen molar-refractivity contribution >= 4 is 17.4 Å². The van der Waals surface area contributed by atoms with E-state index in [-0.39, 0.29) is 18.0 Å². The molecule has 4 rings (SSSR count). The Bertz CT molecular complexity index is 1130. The fourth-order valence-electron chi connectivity index (χ4n) is 3.68. The molecule has 162 valence electrons. The molecule has 1 aliphatic heterocycles. The maximum Gasteiger partial charge on any atom is 0.242 e. The molecule has 3 aromatic rings. The van der Waals surface area contributed by atoms with E-state index in [1.165, 1.54) is 0 Å². The van der Waals surface area contributed by atoms with Gasteiger partial charge in [0.05, 0.1) is 12.1 Å². The van der Waals surface area contributed by atoms with Gasteiger partial charge in [0.1, 0.15) is 29.0 Å². The van der Waals surface area contributed by atoms with Crippen LogP contribution >= 0.6 is 0 Å². The largest absolute Gasteiger partial charge is 0.340 e. The fourth-order valence-corrected chi connectivity index (χ4v) is 3.68. The van der Waals surface area contributed by atoms with E-state index in [0.29, 0.717) is 30.4 Å². The minimum absolute atomic E-state index is 0.0635. The predicted molar refractivity (Wildman–Crippen MR) is 116 cm³/mol. The zero-order valence-corrected chi connectivity index (χ0v) is 17.7. The molecule has 3 N–H and O–H groups in total. The van der Waals surface area contributed by atoms with Crippen molar-refractivity contribution in [3.8, 4) is 11.3 Å². The Morgan fingerprint density at radius 2 is 1.84 bits per heavy atom. The molecular formula is C23H25F2N5O. The zero-order chi connectivity index (χ0) is 22.3. The van der Waals surface area contributed by atoms with Gasteiger partial charge in [0.15, 0.2) is 0 Å². The SMILES string of the molecule is Cc1ccc(Nc2c(-c3cc(F)ccc3F)nc3n2CCN(C(=O)C(C)(C)N)C3)cc1. The molecule has 1 aliphatic rings. The van der Waals surface area contributed by atoms with Crippen LogP contribution in [0.1, 0.15) is 25.2 Å². The second-order valence-electron chi connectivity index (χ2n) is 8.44. The van der Waals surface area contributed by atoms with Crippen molar-refractivity contribution in [3.63, 3.8) is 0 Å². The zero-order valence-electron chi connectivity index (χ0n) is 17.7. The van der Waals surface area contributed by atoms with Crippen molar-refractivity contribution in [2.24, 2.45) is 5.73 Å². The van der Waals surface area contributed by atoms with E-state index in [1.54, 1.807) is 18.7 Å². The Labute approximate surface area is 179 Å². The number of amides is 1. The molecule has 0 aliphatic carbocycles. The summed E-state index contributed by atoms with van der Waals surface area (Å²) < 4.78 is 30.5. The number of hydrogen-bond donors (Lipinski definition) is 2. The maximum atomic E-state index is 14.6. The number of carbonyl (C=O) groups excluding carboxylic acids is 1. The molecule has 2 aromatic carbocycles. The van der Waals surface area contributed by atoms with Crippen LogP contribution in [-0.4, -0.2) is 32.4 Å². The van der Waals surface area contributed by atoms with E-state index in [2.05, 4.69) is 10.3 Å². The van der Waals surface area contributed by atoms with Crippen LogP contribution in [-0.2, 0) is 17.9 Å². The first-order valence-electron chi connectivity index (χ1n) is 10.1. The van der Waals surface area contributed by atoms with Gasteiger partial charge in [-0.15, -0.1) is 0 Å². The van der Waals surface area contributed by atoms with Gasteiger partial charge in [0.2, 0.25) is 5.91 Å². The van der Waals surface area contributed by atoms with Crippen molar-refractivity contribution in [1.29, 1.82) is 0 Å². The number of rotatable bonds is 4. The third kappa shape index (κ3) is 4.16. The van der Waals surface area contributed by atoms with E-state index < -0.39 is 17.2 Å². The lowest BCUT2D eigenvalue weighted by Crippen LogP contribution is -2.52. The number of hydrogen-bond acceptors (Lipinski definition) is 4. The summed E-state index contributed by atoms with van der Waals surface area (Å²) in [4.78, 5) is 18.9. The number of benzene rings is 2. The van der Waals surface area contributed by atoms with Crippen LogP contribution in [0.3, 0.4) is 0 Å². The number of carbonyl (C=O) groups is 1. The minimum atomic E-state index is -1.00. The van der Waals surface area contributed by atoms with Crippen LogP contribution < -0.4 is 11.1 Å². The number of aromatic nitrogens is 2. The molecule has 2 heterocycles. The highest BCUT2D eigenvalue weighted by Gasteiger charge is 2.33. The van der Waals surface area contributed by atoms with Crippen LogP contribution in [0.25, 0.3) is 11.3 Å². The quantitative estimate of drug-likeness (QED) is 0.664. The molecule has 1 amide bonds. The van der Waals surface area contributed by atoms with E-state index >= 15 is 0 Å². The molecular weight excluding hydrogens is 400 g/mol. The first kappa shape index (κ1) is 21.0. The Morgan fingerprint density at radius 3 is 2.52 bits per heavy atom. The van der Waals surface area contributed by atoms with Crippen molar-refractivity contribution in [3.05, 3.63) is 65.5 Å². The number of fused-ring (bicyclic) bond motifs is 1. The van der Waals surface area contributed by atoms with Gasteiger partial charge >= 0.3 is 0 Å². The summed E-state index contributed by atoms with van der Waals surface area (Å²) in [5.41, 5.74) is 7.25. The Kier molecular flexibility index (Phi) is 5.26. The van der Waals surface area contributed by atoms with Gasteiger partial charge in [-0.2, -0.15) is 0 Å². The Hall–Kier alpha value is -3.26. The highest BCUT2D eigenvalue weighted by molar-refractivity contribution is 5.85. The Morgan fingerprint density at radius 1 is 1.13 bits per heavy atom. The van der Waals surface area contributed by atoms with Crippen molar-refractivity contribution < 1.29 is 13.6 Å². The molecule has 0 spiro atoms. The van der Waals surface area contributed by atoms with E-state index in [4.69, 9.17) is 5.73 Å². The van der Waals surface area contributed by atoms with Gasteiger partial charge in [-0.25, -0.2) is 13.8 Å². The number of imidazole rings is 1. The maximum absolute atomic E-state index is 14.6. The molecule has 0 saturated heterocycles. The minimum Gasteiger partial charge on any atom is -0.340 e. The van der Waals surface area contributed by atoms with Gasteiger partial charge in [-0.3, -0.25) is 4.79 Å². The number of halogens is 2. The van der Waals surface area contributed by atoms with E-state index in [9.17, 15) is 13.6 Å². The third-order valence-electron chi connectivity index (χ3n) is 5.31. The molecule has 6 nitrogen and oxygen atoms in total. The van der Waals surface area contributed by atoms with Crippen molar-refractivity contribution in [2.45, 2.75) is 39.4 Å². The molecule has 0 atom stereocenters. The summed E-state index contributed by atoms with van der Waals surface area (Å²) in [7, 11) is 0. The van der Waals surface area contributed by atoms with Gasteiger partial charge in [0, 0.05) is 24.3 Å². The van der Waals surface area contributed by atoms with Crippen LogP contribution in [0.2, 0.25) is 0 Å². The average Bonchev–Trinajstić information content (AvgIpc) is 3.07. The molecule has 0 saturated carbocycles. The predicted octanol–water partition coefficient (Wildman–Crippen LogP) is 3.96. The summed E-state index contributed by atoms with van der Waals surface area (Å²) >= 11 is 0. The molecule has 0 unspecified atom stereocenters. The Balaban J connectivity index is 1.79. The van der Waals surface area contributed by atoms with Gasteiger partial charge < -0.3 is 20.5 Å². The molecule has 0 fully saturated rings. The summed E-state index contributed by atoms with van der Waals surface area (Å²) in [6.45, 7) is 6.44.